The molecule has 0 saturated heterocycles. The van der Waals surface area contributed by atoms with Crippen LogP contribution in [-0.2, 0) is 10.0 Å². The molecular weight excluding hydrogens is 416 g/mol. The van der Waals surface area contributed by atoms with Gasteiger partial charge in [0.2, 0.25) is 0 Å². The number of fused-ring (bicyclic) bond motifs is 1. The quantitative estimate of drug-likeness (QED) is 0.653. The van der Waals surface area contributed by atoms with E-state index in [1.54, 1.807) is 60.7 Å². The molecule has 3 aromatic carbocycles. The normalized spacial score (nSPS) is 15.5. The summed E-state index contributed by atoms with van der Waals surface area (Å²) in [4.78, 5) is 12.7. The molecule has 0 saturated carbocycles. The summed E-state index contributed by atoms with van der Waals surface area (Å²) >= 11 is 0. The second kappa shape index (κ2) is 8.31. The SMILES string of the molecule is COc1ccccc1C(=O)Nc1ccc(S(=O)(=O)N2C[C@@H](C)Oc3ccccc32)cc1. The van der Waals surface area contributed by atoms with E-state index in [9.17, 15) is 13.2 Å². The average Bonchev–Trinajstić information content (AvgIpc) is 2.78. The Morgan fingerprint density at radius 3 is 2.45 bits per heavy atom. The summed E-state index contributed by atoms with van der Waals surface area (Å²) in [5.41, 5.74) is 1.38. The number of ether oxygens (including phenoxy) is 2. The molecule has 1 aliphatic rings. The number of anilines is 2. The summed E-state index contributed by atoms with van der Waals surface area (Å²) in [5.74, 6) is 0.647. The lowest BCUT2D eigenvalue weighted by Gasteiger charge is -2.34. The molecule has 8 heteroatoms. The van der Waals surface area contributed by atoms with E-state index >= 15 is 0 Å². The van der Waals surface area contributed by atoms with Crippen molar-refractivity contribution in [2.75, 3.05) is 23.3 Å². The van der Waals surface area contributed by atoms with Crippen molar-refractivity contribution in [2.24, 2.45) is 0 Å². The maximum Gasteiger partial charge on any atom is 0.264 e. The third-order valence-corrected chi connectivity index (χ3v) is 6.73. The van der Waals surface area contributed by atoms with Gasteiger partial charge in [-0.05, 0) is 55.5 Å². The summed E-state index contributed by atoms with van der Waals surface area (Å²) in [6.07, 6.45) is -0.274. The van der Waals surface area contributed by atoms with Crippen LogP contribution in [0.25, 0.3) is 0 Å². The Kier molecular flexibility index (Phi) is 5.56. The minimum Gasteiger partial charge on any atom is -0.496 e. The third kappa shape index (κ3) is 4.06. The Labute approximate surface area is 181 Å². The molecule has 1 N–H and O–H groups in total. The number of methoxy groups -OCH3 is 1. The molecule has 1 atom stereocenters. The molecule has 0 aromatic heterocycles. The van der Waals surface area contributed by atoms with E-state index in [0.29, 0.717) is 28.4 Å². The summed E-state index contributed by atoms with van der Waals surface area (Å²) < 4.78 is 38.9. The molecule has 0 aliphatic carbocycles. The van der Waals surface area contributed by atoms with Crippen molar-refractivity contribution in [3.8, 4) is 11.5 Å². The van der Waals surface area contributed by atoms with Crippen LogP contribution in [0.3, 0.4) is 0 Å². The zero-order valence-corrected chi connectivity index (χ0v) is 17.9. The molecule has 4 rings (SSSR count). The van der Waals surface area contributed by atoms with Crippen LogP contribution in [0.1, 0.15) is 17.3 Å². The topological polar surface area (TPSA) is 84.9 Å². The minimum atomic E-state index is -3.80. The molecule has 0 radical (unpaired) electrons. The van der Waals surface area contributed by atoms with Crippen molar-refractivity contribution >= 4 is 27.3 Å². The monoisotopic (exact) mass is 438 g/mol. The fourth-order valence-electron chi connectivity index (χ4n) is 3.44. The van der Waals surface area contributed by atoms with Crippen LogP contribution in [0.4, 0.5) is 11.4 Å². The number of nitrogens with zero attached hydrogens (tertiary/aromatic N) is 1. The molecule has 160 valence electrons. The number of sulfonamides is 1. The lowest BCUT2D eigenvalue weighted by atomic mass is 10.2. The second-order valence-corrected chi connectivity index (χ2v) is 8.97. The second-order valence-electron chi connectivity index (χ2n) is 7.11. The Morgan fingerprint density at radius 2 is 1.71 bits per heavy atom. The van der Waals surface area contributed by atoms with E-state index in [0.717, 1.165) is 0 Å². The molecule has 7 nitrogen and oxygen atoms in total. The Hall–Kier alpha value is -3.52. The predicted octanol–water partition coefficient (Wildman–Crippen LogP) is 3.92. The first-order chi connectivity index (χ1) is 14.9. The third-order valence-electron chi connectivity index (χ3n) is 4.94. The van der Waals surface area contributed by atoms with Crippen LogP contribution < -0.4 is 19.1 Å². The Bertz CT molecular complexity index is 1210. The number of carbonyl (C=O) groups excluding carboxylic acids is 1. The molecule has 0 spiro atoms. The number of benzene rings is 3. The zero-order chi connectivity index (χ0) is 22.0. The van der Waals surface area contributed by atoms with Gasteiger partial charge in [0.25, 0.3) is 15.9 Å². The molecule has 0 bridgehead atoms. The van der Waals surface area contributed by atoms with Crippen LogP contribution in [0.2, 0.25) is 0 Å². The largest absolute Gasteiger partial charge is 0.496 e. The number of para-hydroxylation sites is 3. The van der Waals surface area contributed by atoms with Crippen molar-refractivity contribution in [3.63, 3.8) is 0 Å². The van der Waals surface area contributed by atoms with Gasteiger partial charge in [0.1, 0.15) is 17.6 Å². The molecule has 3 aromatic rings. The smallest absolute Gasteiger partial charge is 0.264 e. The Balaban J connectivity index is 1.57. The number of rotatable bonds is 5. The van der Waals surface area contributed by atoms with Gasteiger partial charge in [0.15, 0.2) is 0 Å². The lowest BCUT2D eigenvalue weighted by molar-refractivity contribution is 0.102. The van der Waals surface area contributed by atoms with Crippen LogP contribution in [0.5, 0.6) is 11.5 Å². The Morgan fingerprint density at radius 1 is 1.03 bits per heavy atom. The number of amides is 1. The standard InChI is InChI=1S/C23H22N2O5S/c1-16-15-25(20-8-4-6-10-22(20)30-16)31(27,28)18-13-11-17(12-14-18)24-23(26)19-7-3-5-9-21(19)29-2/h3-14,16H,15H2,1-2H3,(H,24,26)/t16-/m1/s1. The molecule has 0 unspecified atom stereocenters. The maximum absolute atomic E-state index is 13.3. The summed E-state index contributed by atoms with van der Waals surface area (Å²) in [5, 5.41) is 2.77. The average molecular weight is 439 g/mol. The van der Waals surface area contributed by atoms with Crippen molar-refractivity contribution < 1.29 is 22.7 Å². The number of nitrogens with one attached hydrogen (secondary N) is 1. The van der Waals surface area contributed by atoms with Crippen LogP contribution in [0.15, 0.2) is 77.7 Å². The molecule has 0 fully saturated rings. The van der Waals surface area contributed by atoms with Crippen molar-refractivity contribution in [1.82, 2.24) is 0 Å². The van der Waals surface area contributed by atoms with Crippen LogP contribution in [-0.4, -0.2) is 34.1 Å². The van der Waals surface area contributed by atoms with Crippen LogP contribution >= 0.6 is 0 Å². The van der Waals surface area contributed by atoms with Gasteiger partial charge in [-0.3, -0.25) is 9.10 Å². The molecule has 31 heavy (non-hydrogen) atoms. The van der Waals surface area contributed by atoms with Gasteiger partial charge in [0, 0.05) is 5.69 Å². The fraction of sp³-hybridized carbons (Fsp3) is 0.174. The highest BCUT2D eigenvalue weighted by Gasteiger charge is 2.32. The lowest BCUT2D eigenvalue weighted by Crippen LogP contribution is -2.42. The minimum absolute atomic E-state index is 0.131. The van der Waals surface area contributed by atoms with Gasteiger partial charge in [-0.2, -0.15) is 0 Å². The molecule has 1 heterocycles. The van der Waals surface area contributed by atoms with Gasteiger partial charge in [0.05, 0.1) is 29.8 Å². The van der Waals surface area contributed by atoms with E-state index in [1.807, 2.05) is 6.92 Å². The van der Waals surface area contributed by atoms with Gasteiger partial charge < -0.3 is 14.8 Å². The first-order valence-electron chi connectivity index (χ1n) is 9.73. The molecular formula is C23H22N2O5S. The highest BCUT2D eigenvalue weighted by molar-refractivity contribution is 7.92. The summed E-state index contributed by atoms with van der Waals surface area (Å²) in [6, 6.07) is 20.0. The maximum atomic E-state index is 13.3. The van der Waals surface area contributed by atoms with Gasteiger partial charge in [-0.1, -0.05) is 24.3 Å². The van der Waals surface area contributed by atoms with E-state index < -0.39 is 10.0 Å². The zero-order valence-electron chi connectivity index (χ0n) is 17.1. The first kappa shape index (κ1) is 20.7. The predicted molar refractivity (Wildman–Crippen MR) is 118 cm³/mol. The van der Waals surface area contributed by atoms with E-state index in [4.69, 9.17) is 9.47 Å². The summed E-state index contributed by atoms with van der Waals surface area (Å²) in [7, 11) is -2.30. The van der Waals surface area contributed by atoms with Crippen molar-refractivity contribution in [2.45, 2.75) is 17.9 Å². The van der Waals surface area contributed by atoms with Crippen LogP contribution in [0, 0.1) is 0 Å². The summed E-state index contributed by atoms with van der Waals surface area (Å²) in [6.45, 7) is 2.04. The van der Waals surface area contributed by atoms with Gasteiger partial charge in [-0.15, -0.1) is 0 Å². The van der Waals surface area contributed by atoms with Crippen molar-refractivity contribution in [1.29, 1.82) is 0 Å². The number of hydrogen-bond acceptors (Lipinski definition) is 5. The number of carbonyl (C=O) groups is 1. The molecule has 1 aliphatic heterocycles. The highest BCUT2D eigenvalue weighted by atomic mass is 32.2. The van der Waals surface area contributed by atoms with Crippen molar-refractivity contribution in [3.05, 3.63) is 78.4 Å². The fourth-order valence-corrected chi connectivity index (χ4v) is 4.99. The number of hydrogen-bond donors (Lipinski definition) is 1. The first-order valence-corrected chi connectivity index (χ1v) is 11.2. The van der Waals surface area contributed by atoms with Gasteiger partial charge in [-0.25, -0.2) is 8.42 Å². The van der Waals surface area contributed by atoms with E-state index in [-0.39, 0.29) is 23.5 Å². The highest BCUT2D eigenvalue weighted by Crippen LogP contribution is 2.36. The van der Waals surface area contributed by atoms with Gasteiger partial charge >= 0.3 is 0 Å². The molecule has 1 amide bonds. The van der Waals surface area contributed by atoms with E-state index in [2.05, 4.69) is 5.32 Å². The van der Waals surface area contributed by atoms with E-state index in [1.165, 1.54) is 23.5 Å².